The topological polar surface area (TPSA) is 29.5 Å². The van der Waals surface area contributed by atoms with E-state index in [0.717, 1.165) is 23.5 Å². The maximum absolute atomic E-state index is 13.2. The van der Waals surface area contributed by atoms with Gasteiger partial charge in [0, 0.05) is 11.6 Å². The van der Waals surface area contributed by atoms with Gasteiger partial charge >= 0.3 is 5.97 Å². The number of esters is 1. The van der Waals surface area contributed by atoms with Crippen LogP contribution in [0.1, 0.15) is 61.4 Å². The molecule has 2 aromatic rings. The van der Waals surface area contributed by atoms with Gasteiger partial charge in [-0.05, 0) is 63.2 Å². The van der Waals surface area contributed by atoms with Crippen LogP contribution in [0.3, 0.4) is 0 Å². The van der Waals surface area contributed by atoms with Gasteiger partial charge < -0.3 is 9.64 Å². The number of carbonyl (C=O) groups is 1. The Bertz CT molecular complexity index is 816. The summed E-state index contributed by atoms with van der Waals surface area (Å²) in [5.74, 6) is 1.35. The molecule has 0 amide bonds. The van der Waals surface area contributed by atoms with Crippen molar-refractivity contribution in [2.24, 2.45) is 17.8 Å². The van der Waals surface area contributed by atoms with Gasteiger partial charge in [0.1, 0.15) is 0 Å². The molecule has 2 saturated carbocycles. The molecule has 2 fully saturated rings. The van der Waals surface area contributed by atoms with Crippen LogP contribution < -0.4 is 0 Å². The molecule has 28 heavy (non-hydrogen) atoms. The zero-order valence-electron chi connectivity index (χ0n) is 17.2. The summed E-state index contributed by atoms with van der Waals surface area (Å²) in [6, 6.07) is 18.8. The number of hydrogen-bond acceptors (Lipinski definition) is 3. The summed E-state index contributed by atoms with van der Waals surface area (Å²) in [7, 11) is 4.17. The molecule has 3 heteroatoms. The molecule has 148 valence electrons. The maximum Gasteiger partial charge on any atom is 0.310 e. The van der Waals surface area contributed by atoms with Crippen molar-refractivity contribution in [3.05, 3.63) is 71.3 Å². The van der Waals surface area contributed by atoms with Crippen molar-refractivity contribution >= 4 is 5.97 Å². The molecule has 0 unspecified atom stereocenters. The first-order valence-electron chi connectivity index (χ1n) is 10.5. The van der Waals surface area contributed by atoms with Gasteiger partial charge in [-0.2, -0.15) is 0 Å². The number of benzene rings is 2. The van der Waals surface area contributed by atoms with E-state index in [9.17, 15) is 4.79 Å². The molecule has 2 aromatic carbocycles. The summed E-state index contributed by atoms with van der Waals surface area (Å²) in [6.45, 7) is 2.19. The summed E-state index contributed by atoms with van der Waals surface area (Å²) in [5, 5.41) is 0. The normalized spacial score (nSPS) is 25.6. The van der Waals surface area contributed by atoms with Gasteiger partial charge in [-0.3, -0.25) is 4.79 Å². The Hall–Kier alpha value is -2.13. The summed E-state index contributed by atoms with van der Waals surface area (Å²) >= 11 is 0. The number of carbonyl (C=O) groups excluding carboxylic acids is 1. The highest BCUT2D eigenvalue weighted by Crippen LogP contribution is 2.49. The van der Waals surface area contributed by atoms with Crippen molar-refractivity contribution < 1.29 is 9.53 Å². The molecule has 0 radical (unpaired) electrons. The lowest BCUT2D eigenvalue weighted by molar-refractivity contribution is -0.154. The zero-order valence-corrected chi connectivity index (χ0v) is 17.2. The molecule has 2 aliphatic rings. The Labute approximate surface area is 168 Å². The Morgan fingerprint density at radius 1 is 0.964 bits per heavy atom. The fourth-order valence-corrected chi connectivity index (χ4v) is 5.08. The van der Waals surface area contributed by atoms with Crippen molar-refractivity contribution in [3.8, 4) is 0 Å². The average Bonchev–Trinajstić information content (AvgIpc) is 3.35. The molecular formula is C25H31NO2. The monoisotopic (exact) mass is 377 g/mol. The first-order chi connectivity index (χ1) is 13.5. The van der Waals surface area contributed by atoms with E-state index in [4.69, 9.17) is 4.74 Å². The van der Waals surface area contributed by atoms with Crippen molar-refractivity contribution in [2.45, 2.75) is 44.8 Å². The number of fused-ring (bicyclic) bond motifs is 2. The van der Waals surface area contributed by atoms with E-state index in [1.54, 1.807) is 0 Å². The Morgan fingerprint density at radius 3 is 2.25 bits per heavy atom. The van der Waals surface area contributed by atoms with Crippen LogP contribution in [-0.4, -0.2) is 25.0 Å². The molecule has 0 aromatic heterocycles. The van der Waals surface area contributed by atoms with Gasteiger partial charge in [0.25, 0.3) is 0 Å². The molecule has 2 bridgehead atoms. The van der Waals surface area contributed by atoms with Crippen LogP contribution in [0, 0.1) is 17.8 Å². The van der Waals surface area contributed by atoms with E-state index in [2.05, 4.69) is 56.3 Å². The molecule has 4 rings (SSSR count). The second-order valence-corrected chi connectivity index (χ2v) is 8.78. The summed E-state index contributed by atoms with van der Waals surface area (Å²) in [4.78, 5) is 15.4. The van der Waals surface area contributed by atoms with E-state index in [0.29, 0.717) is 5.92 Å². The number of nitrogens with zero attached hydrogens (tertiary/aromatic N) is 1. The number of ether oxygens (including phenoxy) is 1. The molecular weight excluding hydrogens is 346 g/mol. The van der Waals surface area contributed by atoms with E-state index < -0.39 is 0 Å². The fourth-order valence-electron chi connectivity index (χ4n) is 5.08. The standard InChI is InChI=1S/C25H31NO2/c1-17(26(2)3)21-11-7-8-12-22(21)24(19-9-5-4-6-10-19)28-25(27)23-16-18-13-14-20(23)15-18/h4-12,17-18,20,23-24H,13-16H2,1-3H3/t17-,18-,20+,23-,24+/m1/s1. The minimum atomic E-state index is -0.355. The minimum Gasteiger partial charge on any atom is -0.452 e. The van der Waals surface area contributed by atoms with Crippen LogP contribution in [0.2, 0.25) is 0 Å². The van der Waals surface area contributed by atoms with Gasteiger partial charge in [-0.25, -0.2) is 0 Å². The van der Waals surface area contributed by atoms with Crippen molar-refractivity contribution in [3.63, 3.8) is 0 Å². The molecule has 5 atom stereocenters. The van der Waals surface area contributed by atoms with Crippen LogP contribution in [0.15, 0.2) is 54.6 Å². The lowest BCUT2D eigenvalue weighted by atomic mass is 9.88. The summed E-state index contributed by atoms with van der Waals surface area (Å²) in [6.07, 6.45) is 4.35. The largest absolute Gasteiger partial charge is 0.452 e. The van der Waals surface area contributed by atoms with Gasteiger partial charge in [0.15, 0.2) is 6.10 Å². The first-order valence-corrected chi connectivity index (χ1v) is 10.5. The van der Waals surface area contributed by atoms with E-state index >= 15 is 0 Å². The van der Waals surface area contributed by atoms with Gasteiger partial charge in [0.05, 0.1) is 5.92 Å². The molecule has 0 heterocycles. The van der Waals surface area contributed by atoms with E-state index in [1.165, 1.54) is 24.8 Å². The summed E-state index contributed by atoms with van der Waals surface area (Å²) in [5.41, 5.74) is 3.34. The van der Waals surface area contributed by atoms with E-state index in [1.807, 2.05) is 24.3 Å². The predicted molar refractivity (Wildman–Crippen MR) is 112 cm³/mol. The van der Waals surface area contributed by atoms with Crippen molar-refractivity contribution in [2.75, 3.05) is 14.1 Å². The van der Waals surface area contributed by atoms with Crippen LogP contribution in [0.25, 0.3) is 0 Å². The fraction of sp³-hybridized carbons (Fsp3) is 0.480. The lowest BCUT2D eigenvalue weighted by Crippen LogP contribution is -2.26. The highest BCUT2D eigenvalue weighted by Gasteiger charge is 2.44. The van der Waals surface area contributed by atoms with Crippen LogP contribution in [0.4, 0.5) is 0 Å². The van der Waals surface area contributed by atoms with Crippen molar-refractivity contribution in [1.29, 1.82) is 0 Å². The third-order valence-electron chi connectivity index (χ3n) is 6.88. The number of hydrogen-bond donors (Lipinski definition) is 0. The maximum atomic E-state index is 13.2. The Kier molecular flexibility index (Phi) is 5.54. The first kappa shape index (κ1) is 19.2. The van der Waals surface area contributed by atoms with Crippen molar-refractivity contribution in [1.82, 2.24) is 4.90 Å². The lowest BCUT2D eigenvalue weighted by Gasteiger charge is -2.29. The zero-order chi connectivity index (χ0) is 19.7. The smallest absolute Gasteiger partial charge is 0.310 e. The van der Waals surface area contributed by atoms with Gasteiger partial charge in [-0.15, -0.1) is 0 Å². The highest BCUT2D eigenvalue weighted by molar-refractivity contribution is 5.74. The molecule has 0 aliphatic heterocycles. The van der Waals surface area contributed by atoms with E-state index in [-0.39, 0.29) is 24.0 Å². The second kappa shape index (κ2) is 8.08. The highest BCUT2D eigenvalue weighted by atomic mass is 16.5. The predicted octanol–water partition coefficient (Wildman–Crippen LogP) is 5.38. The average molecular weight is 378 g/mol. The van der Waals surface area contributed by atoms with Crippen LogP contribution >= 0.6 is 0 Å². The molecule has 0 saturated heterocycles. The Balaban J connectivity index is 1.67. The van der Waals surface area contributed by atoms with Crippen LogP contribution in [-0.2, 0) is 9.53 Å². The van der Waals surface area contributed by atoms with Gasteiger partial charge in [-0.1, -0.05) is 61.0 Å². The molecule has 0 N–H and O–H groups in total. The summed E-state index contributed by atoms with van der Waals surface area (Å²) < 4.78 is 6.27. The SMILES string of the molecule is C[C@H](c1ccccc1[C@@H](OC(=O)[C@@H]1C[C@@H]2CC[C@H]1C2)c1ccccc1)N(C)C. The van der Waals surface area contributed by atoms with Gasteiger partial charge in [0.2, 0.25) is 0 Å². The molecule has 3 nitrogen and oxygen atoms in total. The minimum absolute atomic E-state index is 0.00615. The quantitative estimate of drug-likeness (QED) is 0.633. The number of rotatable bonds is 6. The Morgan fingerprint density at radius 2 is 1.64 bits per heavy atom. The third-order valence-corrected chi connectivity index (χ3v) is 6.88. The second-order valence-electron chi connectivity index (χ2n) is 8.78. The molecule has 2 aliphatic carbocycles. The molecule has 0 spiro atoms. The van der Waals surface area contributed by atoms with Crippen LogP contribution in [0.5, 0.6) is 0 Å². The third kappa shape index (κ3) is 3.73.